The fourth-order valence-corrected chi connectivity index (χ4v) is 2.90. The summed E-state index contributed by atoms with van der Waals surface area (Å²) in [6.45, 7) is 1.15. The Bertz CT molecular complexity index is 300. The molecule has 0 aromatic heterocycles. The molecule has 1 aliphatic carbocycles. The van der Waals surface area contributed by atoms with E-state index < -0.39 is 11.4 Å². The second kappa shape index (κ2) is 2.93. The fourth-order valence-electron chi connectivity index (χ4n) is 2.90. The summed E-state index contributed by atoms with van der Waals surface area (Å²) in [7, 11) is 0. The summed E-state index contributed by atoms with van der Waals surface area (Å²) in [6.07, 6.45) is 1.99. The van der Waals surface area contributed by atoms with Crippen LogP contribution in [0.1, 0.15) is 25.7 Å². The van der Waals surface area contributed by atoms with Crippen LogP contribution in [0.25, 0.3) is 0 Å². The number of hydrogen-bond acceptors (Lipinski definition) is 4. The van der Waals surface area contributed by atoms with Gasteiger partial charge < -0.3 is 19.9 Å². The van der Waals surface area contributed by atoms with Gasteiger partial charge in [0.05, 0.1) is 31.3 Å². The number of ether oxygens (including phenoxy) is 2. The maximum atomic E-state index is 11.4. The zero-order valence-electron chi connectivity index (χ0n) is 8.49. The van der Waals surface area contributed by atoms with Crippen LogP contribution >= 0.6 is 0 Å². The highest BCUT2D eigenvalue weighted by Gasteiger charge is 2.56. The van der Waals surface area contributed by atoms with Crippen molar-refractivity contribution in [2.45, 2.75) is 43.1 Å². The van der Waals surface area contributed by atoms with E-state index in [0.29, 0.717) is 32.5 Å². The molecule has 0 unspecified atom stereocenters. The van der Waals surface area contributed by atoms with Crippen molar-refractivity contribution in [2.75, 3.05) is 13.2 Å². The van der Waals surface area contributed by atoms with Crippen LogP contribution in [0, 0.1) is 0 Å². The Morgan fingerprint density at radius 2 is 2.07 bits per heavy atom. The molecule has 1 spiro atoms. The molecule has 2 aliphatic heterocycles. The fraction of sp³-hybridized carbons (Fsp3) is 0.900. The highest BCUT2D eigenvalue weighted by molar-refractivity contribution is 5.78. The maximum absolute atomic E-state index is 11.4. The van der Waals surface area contributed by atoms with E-state index >= 15 is 0 Å². The van der Waals surface area contributed by atoms with Gasteiger partial charge in [0.2, 0.25) is 5.91 Å². The molecule has 1 amide bonds. The van der Waals surface area contributed by atoms with Crippen LogP contribution in [0.3, 0.4) is 0 Å². The van der Waals surface area contributed by atoms with Crippen molar-refractivity contribution < 1.29 is 19.4 Å². The molecule has 1 saturated carbocycles. The number of carbonyl (C=O) groups is 1. The molecular weight excluding hydrogens is 198 g/mol. The van der Waals surface area contributed by atoms with E-state index in [-0.39, 0.29) is 18.4 Å². The second-order valence-electron chi connectivity index (χ2n) is 4.73. The number of hydrogen-bond donors (Lipinski definition) is 2. The average molecular weight is 213 g/mol. The first-order valence-corrected chi connectivity index (χ1v) is 5.42. The molecule has 2 saturated heterocycles. The van der Waals surface area contributed by atoms with E-state index in [2.05, 4.69) is 5.32 Å². The van der Waals surface area contributed by atoms with Crippen LogP contribution in [0.5, 0.6) is 0 Å². The summed E-state index contributed by atoms with van der Waals surface area (Å²) in [5.74, 6) is -0.769. The van der Waals surface area contributed by atoms with E-state index in [0.717, 1.165) is 0 Å². The SMILES string of the molecule is O=C1C[C@]2(O)CCC3(OCCO3)[C@@H](C2)N1. The van der Waals surface area contributed by atoms with Crippen molar-refractivity contribution in [3.8, 4) is 0 Å². The summed E-state index contributed by atoms with van der Waals surface area (Å²) < 4.78 is 11.2. The number of carbonyl (C=O) groups excluding carboxylic acids is 1. The van der Waals surface area contributed by atoms with E-state index in [4.69, 9.17) is 9.47 Å². The smallest absolute Gasteiger partial charge is 0.223 e. The molecule has 5 nitrogen and oxygen atoms in total. The predicted octanol–water partition coefficient (Wildman–Crippen LogP) is -0.467. The Morgan fingerprint density at radius 1 is 1.33 bits per heavy atom. The number of nitrogens with one attached hydrogen (secondary N) is 1. The van der Waals surface area contributed by atoms with Crippen molar-refractivity contribution in [1.82, 2.24) is 5.32 Å². The molecule has 0 aromatic carbocycles. The first-order chi connectivity index (χ1) is 7.12. The first kappa shape index (κ1) is 9.57. The third-order valence-electron chi connectivity index (χ3n) is 3.65. The van der Waals surface area contributed by atoms with Gasteiger partial charge >= 0.3 is 0 Å². The molecule has 3 aliphatic rings. The van der Waals surface area contributed by atoms with Crippen molar-refractivity contribution in [3.05, 3.63) is 0 Å². The first-order valence-electron chi connectivity index (χ1n) is 5.42. The normalized spacial score (nSPS) is 43.0. The maximum Gasteiger partial charge on any atom is 0.223 e. The number of aliphatic hydroxyl groups is 1. The van der Waals surface area contributed by atoms with Gasteiger partial charge in [-0.2, -0.15) is 0 Å². The van der Waals surface area contributed by atoms with Gasteiger partial charge in [0, 0.05) is 12.8 Å². The Hall–Kier alpha value is -0.650. The van der Waals surface area contributed by atoms with E-state index in [9.17, 15) is 9.90 Å². The van der Waals surface area contributed by atoms with Gasteiger partial charge in [-0.05, 0) is 6.42 Å². The zero-order chi connectivity index (χ0) is 10.5. The van der Waals surface area contributed by atoms with E-state index in [1.165, 1.54) is 0 Å². The highest BCUT2D eigenvalue weighted by atomic mass is 16.7. The lowest BCUT2D eigenvalue weighted by Gasteiger charge is -2.49. The Labute approximate surface area is 87.7 Å². The molecule has 84 valence electrons. The Kier molecular flexibility index (Phi) is 1.87. The predicted molar refractivity (Wildman–Crippen MR) is 50.0 cm³/mol. The zero-order valence-corrected chi connectivity index (χ0v) is 8.49. The Morgan fingerprint density at radius 3 is 2.80 bits per heavy atom. The molecule has 2 bridgehead atoms. The number of amides is 1. The quantitative estimate of drug-likeness (QED) is 0.571. The minimum Gasteiger partial charge on any atom is -0.389 e. The van der Waals surface area contributed by atoms with E-state index in [1.54, 1.807) is 0 Å². The van der Waals surface area contributed by atoms with Crippen LogP contribution in [0.4, 0.5) is 0 Å². The molecule has 0 aromatic rings. The van der Waals surface area contributed by atoms with Crippen LogP contribution in [0.15, 0.2) is 0 Å². The summed E-state index contributed by atoms with van der Waals surface area (Å²) in [5.41, 5.74) is -0.840. The third-order valence-corrected chi connectivity index (χ3v) is 3.65. The minimum atomic E-state index is -0.840. The van der Waals surface area contributed by atoms with Gasteiger partial charge in [-0.3, -0.25) is 4.79 Å². The molecule has 3 rings (SSSR count). The van der Waals surface area contributed by atoms with Crippen LogP contribution < -0.4 is 5.32 Å². The standard InChI is InChI=1S/C10H15NO4/c12-8-6-9(13)1-2-10(7(5-9)11-8)14-3-4-15-10/h7,13H,1-6H2,(H,11,12)/t7-,9+/m1/s1. The van der Waals surface area contributed by atoms with Gasteiger partial charge in [0.25, 0.3) is 0 Å². The van der Waals surface area contributed by atoms with Gasteiger partial charge in [0.1, 0.15) is 0 Å². The average Bonchev–Trinajstić information content (AvgIpc) is 2.61. The third kappa shape index (κ3) is 1.38. The topological polar surface area (TPSA) is 67.8 Å². The van der Waals surface area contributed by atoms with Crippen LogP contribution in [0.2, 0.25) is 0 Å². The summed E-state index contributed by atoms with van der Waals surface area (Å²) >= 11 is 0. The molecule has 5 heteroatoms. The molecular formula is C10H15NO4. The molecule has 2 heterocycles. The number of piperidine rings is 1. The van der Waals surface area contributed by atoms with Gasteiger partial charge in [-0.25, -0.2) is 0 Å². The lowest BCUT2D eigenvalue weighted by Crippen LogP contribution is -2.65. The summed E-state index contributed by atoms with van der Waals surface area (Å²) in [5, 5.41) is 13.0. The van der Waals surface area contributed by atoms with Crippen LogP contribution in [-0.4, -0.2) is 41.7 Å². The summed E-state index contributed by atoms with van der Waals surface area (Å²) in [4.78, 5) is 11.4. The molecule has 2 N–H and O–H groups in total. The molecule has 3 fully saturated rings. The van der Waals surface area contributed by atoms with E-state index in [1.807, 2.05) is 0 Å². The lowest BCUT2D eigenvalue weighted by molar-refractivity contribution is -0.229. The second-order valence-corrected chi connectivity index (χ2v) is 4.73. The number of fused-ring (bicyclic) bond motifs is 3. The number of rotatable bonds is 0. The van der Waals surface area contributed by atoms with Gasteiger partial charge in [-0.15, -0.1) is 0 Å². The molecule has 2 atom stereocenters. The minimum absolute atomic E-state index is 0.105. The van der Waals surface area contributed by atoms with Crippen molar-refractivity contribution >= 4 is 5.91 Å². The van der Waals surface area contributed by atoms with Crippen molar-refractivity contribution in [2.24, 2.45) is 0 Å². The lowest BCUT2D eigenvalue weighted by atomic mass is 9.73. The largest absolute Gasteiger partial charge is 0.389 e. The van der Waals surface area contributed by atoms with Crippen LogP contribution in [-0.2, 0) is 14.3 Å². The molecule has 15 heavy (non-hydrogen) atoms. The van der Waals surface area contributed by atoms with Gasteiger partial charge in [-0.1, -0.05) is 0 Å². The van der Waals surface area contributed by atoms with Crippen molar-refractivity contribution in [3.63, 3.8) is 0 Å². The van der Waals surface area contributed by atoms with Gasteiger partial charge in [0.15, 0.2) is 5.79 Å². The van der Waals surface area contributed by atoms with Crippen molar-refractivity contribution in [1.29, 1.82) is 0 Å². The monoisotopic (exact) mass is 213 g/mol. The molecule has 0 radical (unpaired) electrons. The Balaban J connectivity index is 1.88. The highest BCUT2D eigenvalue weighted by Crippen LogP contribution is 2.43. The summed E-state index contributed by atoms with van der Waals surface area (Å²) in [6, 6.07) is -0.194.